The second kappa shape index (κ2) is 14.3. The Bertz CT molecular complexity index is 2470. The van der Waals surface area contributed by atoms with Gasteiger partial charge in [-0.05, 0) is 83.4 Å². The fraction of sp³-hybridized carbons (Fsp3) is 0.122. The first kappa shape index (κ1) is 36.9. The van der Waals surface area contributed by atoms with Gasteiger partial charge < -0.3 is 4.74 Å². The minimum absolute atomic E-state index is 0.0721. The maximum absolute atomic E-state index is 15.6. The van der Waals surface area contributed by atoms with Crippen molar-refractivity contribution in [3.63, 3.8) is 0 Å². The molecule has 53 heavy (non-hydrogen) atoms. The zero-order chi connectivity index (χ0) is 38.4. The van der Waals surface area contributed by atoms with Gasteiger partial charge in [-0.3, -0.25) is 0 Å². The summed E-state index contributed by atoms with van der Waals surface area (Å²) in [5.41, 5.74) is -1.84. The van der Waals surface area contributed by atoms with Crippen LogP contribution in [0.15, 0.2) is 78.9 Å². The number of halogens is 11. The molecule has 0 radical (unpaired) electrons. The SMILES string of the molecule is CCCc1ccc(-c2ccc(-c3cc(F)c4c(F)c(C#Cc5cc(F)c(C(F)(F)Oc6cc(F)c(F)c(F)c6)cc5C)c(F)cc4c3)c(F)c2)c(F)c1. The first-order valence-corrected chi connectivity index (χ1v) is 15.8. The van der Waals surface area contributed by atoms with E-state index in [-0.39, 0.29) is 50.9 Å². The lowest BCUT2D eigenvalue weighted by molar-refractivity contribution is -0.187. The van der Waals surface area contributed by atoms with Crippen LogP contribution in [-0.4, -0.2) is 0 Å². The van der Waals surface area contributed by atoms with Crippen LogP contribution in [-0.2, 0) is 12.5 Å². The number of hydrogen-bond donors (Lipinski definition) is 0. The van der Waals surface area contributed by atoms with Gasteiger partial charge in [0, 0.05) is 28.8 Å². The maximum Gasteiger partial charge on any atom is 0.429 e. The van der Waals surface area contributed by atoms with Gasteiger partial charge in [-0.1, -0.05) is 49.5 Å². The van der Waals surface area contributed by atoms with E-state index in [0.29, 0.717) is 18.6 Å². The molecular formula is C41H23F11O. The van der Waals surface area contributed by atoms with Gasteiger partial charge in [-0.2, -0.15) is 8.78 Å². The monoisotopic (exact) mass is 740 g/mol. The summed E-state index contributed by atoms with van der Waals surface area (Å²) < 4.78 is 165. The minimum Gasteiger partial charge on any atom is -0.429 e. The van der Waals surface area contributed by atoms with Gasteiger partial charge in [0.25, 0.3) is 0 Å². The van der Waals surface area contributed by atoms with E-state index < -0.39 is 80.7 Å². The Labute approximate surface area is 295 Å². The average Bonchev–Trinajstić information content (AvgIpc) is 3.07. The third-order valence-corrected chi connectivity index (χ3v) is 8.40. The number of aryl methyl sites for hydroxylation is 2. The molecule has 0 N–H and O–H groups in total. The predicted octanol–water partition coefficient (Wildman–Crippen LogP) is 12.2. The molecule has 0 fully saturated rings. The molecule has 0 atom stereocenters. The lowest BCUT2D eigenvalue weighted by Crippen LogP contribution is -2.24. The molecule has 270 valence electrons. The molecule has 0 aromatic heterocycles. The van der Waals surface area contributed by atoms with Crippen molar-refractivity contribution in [3.05, 3.63) is 159 Å². The summed E-state index contributed by atoms with van der Waals surface area (Å²) in [6.07, 6.45) is -3.04. The molecule has 0 saturated carbocycles. The van der Waals surface area contributed by atoms with Gasteiger partial charge >= 0.3 is 6.11 Å². The van der Waals surface area contributed by atoms with E-state index in [2.05, 4.69) is 16.6 Å². The second-order valence-electron chi connectivity index (χ2n) is 12.1. The van der Waals surface area contributed by atoms with E-state index in [1.807, 2.05) is 6.92 Å². The average molecular weight is 741 g/mol. The first-order chi connectivity index (χ1) is 25.1. The molecular weight excluding hydrogens is 717 g/mol. The molecule has 0 heterocycles. The van der Waals surface area contributed by atoms with Crippen molar-refractivity contribution >= 4 is 10.8 Å². The van der Waals surface area contributed by atoms with Crippen LogP contribution >= 0.6 is 0 Å². The molecule has 1 nitrogen and oxygen atoms in total. The van der Waals surface area contributed by atoms with Crippen molar-refractivity contribution in [1.29, 1.82) is 0 Å². The van der Waals surface area contributed by atoms with E-state index >= 15 is 17.6 Å². The van der Waals surface area contributed by atoms with Gasteiger partial charge in [-0.15, -0.1) is 0 Å². The van der Waals surface area contributed by atoms with Gasteiger partial charge in [0.2, 0.25) is 0 Å². The fourth-order valence-corrected chi connectivity index (χ4v) is 5.80. The number of rotatable bonds is 7. The highest BCUT2D eigenvalue weighted by molar-refractivity contribution is 5.90. The molecule has 0 unspecified atom stereocenters. The second-order valence-corrected chi connectivity index (χ2v) is 12.1. The molecule has 6 aromatic rings. The summed E-state index contributed by atoms with van der Waals surface area (Å²) in [5, 5.41) is -0.995. The number of ether oxygens (including phenoxy) is 1. The first-order valence-electron chi connectivity index (χ1n) is 15.8. The zero-order valence-electron chi connectivity index (χ0n) is 27.5. The van der Waals surface area contributed by atoms with Crippen LogP contribution in [0.25, 0.3) is 33.0 Å². The molecule has 0 aliphatic heterocycles. The van der Waals surface area contributed by atoms with Crippen LogP contribution in [0.3, 0.4) is 0 Å². The van der Waals surface area contributed by atoms with Gasteiger partial charge in [-0.25, -0.2) is 39.5 Å². The third-order valence-electron chi connectivity index (χ3n) is 8.40. The van der Waals surface area contributed by atoms with E-state index in [0.717, 1.165) is 36.2 Å². The quantitative estimate of drug-likeness (QED) is 0.0900. The molecule has 0 spiro atoms. The van der Waals surface area contributed by atoms with Gasteiger partial charge in [0.15, 0.2) is 23.3 Å². The molecule has 0 aliphatic carbocycles. The van der Waals surface area contributed by atoms with Gasteiger partial charge in [0.05, 0.1) is 10.9 Å². The molecule has 0 saturated heterocycles. The Morgan fingerprint density at radius 1 is 0.585 bits per heavy atom. The van der Waals surface area contributed by atoms with Crippen LogP contribution in [0.5, 0.6) is 5.75 Å². The molecule has 12 heteroatoms. The van der Waals surface area contributed by atoms with E-state index in [1.54, 1.807) is 6.07 Å². The van der Waals surface area contributed by atoms with Crippen LogP contribution in [0.4, 0.5) is 48.3 Å². The molecule has 0 aliphatic rings. The van der Waals surface area contributed by atoms with Crippen LogP contribution < -0.4 is 4.74 Å². The third kappa shape index (κ3) is 7.29. The van der Waals surface area contributed by atoms with Crippen molar-refractivity contribution in [3.8, 4) is 39.8 Å². The highest BCUT2D eigenvalue weighted by Gasteiger charge is 2.38. The van der Waals surface area contributed by atoms with E-state index in [1.165, 1.54) is 31.2 Å². The van der Waals surface area contributed by atoms with Crippen molar-refractivity contribution in [2.75, 3.05) is 0 Å². The number of fused-ring (bicyclic) bond motifs is 1. The number of hydrogen-bond acceptors (Lipinski definition) is 1. The zero-order valence-corrected chi connectivity index (χ0v) is 27.5. The van der Waals surface area contributed by atoms with Crippen LogP contribution in [0.1, 0.15) is 41.2 Å². The highest BCUT2D eigenvalue weighted by atomic mass is 19.3. The van der Waals surface area contributed by atoms with Gasteiger partial charge in [0.1, 0.15) is 40.4 Å². The van der Waals surface area contributed by atoms with Crippen LogP contribution in [0.2, 0.25) is 0 Å². The van der Waals surface area contributed by atoms with Crippen molar-refractivity contribution in [1.82, 2.24) is 0 Å². The maximum atomic E-state index is 15.6. The topological polar surface area (TPSA) is 9.23 Å². The Morgan fingerprint density at radius 2 is 1.23 bits per heavy atom. The number of benzene rings is 6. The standard InChI is InChI=1S/C41H23F11O/c1-3-4-21-5-8-27(31(42)12-21)23-7-9-28(32(43)15-23)24-13-25-17-33(44)29(39(49)38(25)35(46)16-24)10-6-22-14-34(45)30(11-20(22)2)41(51,52)53-26-18-36(47)40(50)37(48)19-26/h5,7-9,11-19H,3-4H2,1-2H3. The smallest absolute Gasteiger partial charge is 0.429 e. The van der Waals surface area contributed by atoms with Crippen molar-refractivity contribution < 1.29 is 53.0 Å². The highest BCUT2D eigenvalue weighted by Crippen LogP contribution is 2.37. The van der Waals surface area contributed by atoms with E-state index in [4.69, 9.17) is 0 Å². The van der Waals surface area contributed by atoms with Crippen molar-refractivity contribution in [2.24, 2.45) is 0 Å². The lowest BCUT2D eigenvalue weighted by atomic mass is 9.95. The molecule has 0 amide bonds. The molecule has 0 bridgehead atoms. The molecule has 6 aromatic carbocycles. The summed E-state index contributed by atoms with van der Waals surface area (Å²) in [6.45, 7) is 3.14. The summed E-state index contributed by atoms with van der Waals surface area (Å²) >= 11 is 0. The predicted molar refractivity (Wildman–Crippen MR) is 177 cm³/mol. The summed E-state index contributed by atoms with van der Waals surface area (Å²) in [5.74, 6) is -9.26. The fourth-order valence-electron chi connectivity index (χ4n) is 5.80. The Kier molecular flexibility index (Phi) is 9.97. The largest absolute Gasteiger partial charge is 0.429 e. The number of alkyl halides is 2. The summed E-state index contributed by atoms with van der Waals surface area (Å²) in [7, 11) is 0. The Balaban J connectivity index is 1.30. The summed E-state index contributed by atoms with van der Waals surface area (Å²) in [6, 6.07) is 12.5. The summed E-state index contributed by atoms with van der Waals surface area (Å²) in [4.78, 5) is 0. The molecule has 6 rings (SSSR count). The lowest BCUT2D eigenvalue weighted by Gasteiger charge is -2.20. The normalized spacial score (nSPS) is 11.5. The van der Waals surface area contributed by atoms with Crippen molar-refractivity contribution in [2.45, 2.75) is 32.8 Å². The Morgan fingerprint density at radius 3 is 1.89 bits per heavy atom. The Hall–Kier alpha value is -5.83. The van der Waals surface area contributed by atoms with Crippen LogP contribution in [0, 0.1) is 71.1 Å². The minimum atomic E-state index is -4.52. The van der Waals surface area contributed by atoms with E-state index in [9.17, 15) is 30.7 Å².